The number of ether oxygens (including phenoxy) is 3. The van der Waals surface area contributed by atoms with Crippen molar-refractivity contribution in [2.24, 2.45) is 5.92 Å². The molecule has 0 saturated heterocycles. The van der Waals surface area contributed by atoms with Crippen molar-refractivity contribution in [2.45, 2.75) is 84.8 Å². The van der Waals surface area contributed by atoms with Crippen molar-refractivity contribution in [3.05, 3.63) is 63.4 Å². The number of aromatic nitrogens is 2. The number of amides is 2. The molecule has 3 aromatic rings. The van der Waals surface area contributed by atoms with Gasteiger partial charge in [0.15, 0.2) is 0 Å². The third kappa shape index (κ3) is 6.27. The van der Waals surface area contributed by atoms with Crippen LogP contribution in [0.5, 0.6) is 0 Å². The van der Waals surface area contributed by atoms with Gasteiger partial charge in [-0.15, -0.1) is 0 Å². The lowest BCUT2D eigenvalue weighted by Gasteiger charge is -2.35. The highest BCUT2D eigenvalue weighted by atomic mass is 16.6. The van der Waals surface area contributed by atoms with E-state index in [1.54, 1.807) is 38.3 Å². The Labute approximate surface area is 260 Å². The Morgan fingerprint density at radius 3 is 2.56 bits per heavy atom. The molecule has 0 aliphatic carbocycles. The van der Waals surface area contributed by atoms with Gasteiger partial charge < -0.3 is 29.4 Å². The van der Waals surface area contributed by atoms with E-state index >= 15 is 0 Å². The molecule has 12 nitrogen and oxygen atoms in total. The molecule has 5 rings (SSSR count). The van der Waals surface area contributed by atoms with Crippen molar-refractivity contribution in [2.75, 3.05) is 6.54 Å². The van der Waals surface area contributed by atoms with Gasteiger partial charge in [0.25, 0.3) is 5.56 Å². The number of rotatable bonds is 8. The van der Waals surface area contributed by atoms with Crippen LogP contribution >= 0.6 is 0 Å². The summed E-state index contributed by atoms with van der Waals surface area (Å²) in [5.74, 6) is -2.30. The van der Waals surface area contributed by atoms with Crippen LogP contribution in [-0.2, 0) is 47.3 Å². The standard InChI is InChI=1S/C33H38N4O8/c1-7-33(44-26(38)15-34-28(39)24(12-18(2)3)36-31(42)45-32(4,5)6)22-14-25-27-20(13-19-10-8-9-11-23(19)35-27)16-37(25)29(40)21(22)17-43-30(33)41/h8-11,13-14,18,24H,7,12,15-17H2,1-6H3,(H,34,39)(H,36,42)/t24-,33-/m0/s1. The fourth-order valence-electron chi connectivity index (χ4n) is 5.75. The molecule has 0 spiro atoms. The van der Waals surface area contributed by atoms with E-state index in [1.165, 1.54) is 0 Å². The minimum Gasteiger partial charge on any atom is -0.457 e. The maximum absolute atomic E-state index is 13.7. The molecule has 4 heterocycles. The second-order valence-corrected chi connectivity index (χ2v) is 12.8. The van der Waals surface area contributed by atoms with Crippen molar-refractivity contribution in [1.29, 1.82) is 0 Å². The molecule has 2 aliphatic heterocycles. The minimum atomic E-state index is -1.91. The number of benzene rings is 1. The highest BCUT2D eigenvalue weighted by molar-refractivity contribution is 5.91. The number of esters is 2. The minimum absolute atomic E-state index is 0.0183. The van der Waals surface area contributed by atoms with Crippen LogP contribution in [0.2, 0.25) is 0 Å². The largest absolute Gasteiger partial charge is 0.457 e. The monoisotopic (exact) mass is 618 g/mol. The number of nitrogens with one attached hydrogen (secondary N) is 2. The molecule has 2 atom stereocenters. The number of fused-ring (bicyclic) bond motifs is 5. The van der Waals surface area contributed by atoms with Crippen LogP contribution in [0.25, 0.3) is 22.3 Å². The number of nitrogens with zero attached hydrogens (tertiary/aromatic N) is 2. The predicted octanol–water partition coefficient (Wildman–Crippen LogP) is 3.69. The van der Waals surface area contributed by atoms with Crippen molar-refractivity contribution >= 4 is 34.8 Å². The number of para-hydroxylation sites is 1. The van der Waals surface area contributed by atoms with Gasteiger partial charge in [-0.05, 0) is 57.7 Å². The van der Waals surface area contributed by atoms with E-state index in [2.05, 4.69) is 10.6 Å². The van der Waals surface area contributed by atoms with Crippen molar-refractivity contribution < 1.29 is 33.4 Å². The summed E-state index contributed by atoms with van der Waals surface area (Å²) in [6, 6.07) is 10.3. The summed E-state index contributed by atoms with van der Waals surface area (Å²) in [5.41, 5.74) is 0.177. The summed E-state index contributed by atoms with van der Waals surface area (Å²) in [6.45, 7) is 10.00. The molecule has 2 N–H and O–H groups in total. The van der Waals surface area contributed by atoms with Gasteiger partial charge in [0.05, 0.1) is 29.0 Å². The first-order chi connectivity index (χ1) is 21.2. The summed E-state index contributed by atoms with van der Waals surface area (Å²) in [4.78, 5) is 70.4. The van der Waals surface area contributed by atoms with E-state index in [1.807, 2.05) is 44.2 Å². The summed E-state index contributed by atoms with van der Waals surface area (Å²) in [6.07, 6.45) is -0.492. The fraction of sp³-hybridized carbons (Fsp3) is 0.455. The molecule has 2 aromatic heterocycles. The van der Waals surface area contributed by atoms with Gasteiger partial charge in [0.2, 0.25) is 11.5 Å². The molecule has 0 radical (unpaired) electrons. The summed E-state index contributed by atoms with van der Waals surface area (Å²) in [7, 11) is 0. The Bertz CT molecular complexity index is 1760. The Hall–Kier alpha value is -4.74. The maximum Gasteiger partial charge on any atom is 0.408 e. The zero-order valence-electron chi connectivity index (χ0n) is 26.3. The van der Waals surface area contributed by atoms with E-state index in [0.29, 0.717) is 24.4 Å². The average Bonchev–Trinajstić information content (AvgIpc) is 3.32. The highest BCUT2D eigenvalue weighted by Gasteiger charge is 2.50. The zero-order valence-corrected chi connectivity index (χ0v) is 26.3. The second kappa shape index (κ2) is 12.0. The summed E-state index contributed by atoms with van der Waals surface area (Å²) in [5, 5.41) is 5.99. The summed E-state index contributed by atoms with van der Waals surface area (Å²) < 4.78 is 18.0. The normalized spacial score (nSPS) is 17.5. The van der Waals surface area contributed by atoms with E-state index in [-0.39, 0.29) is 35.6 Å². The lowest BCUT2D eigenvalue weighted by molar-refractivity contribution is -0.189. The Morgan fingerprint density at radius 1 is 1.13 bits per heavy atom. The van der Waals surface area contributed by atoms with Crippen LogP contribution in [0.15, 0.2) is 41.2 Å². The van der Waals surface area contributed by atoms with Crippen molar-refractivity contribution in [3.8, 4) is 11.4 Å². The first-order valence-corrected chi connectivity index (χ1v) is 15.0. The molecule has 12 heteroatoms. The predicted molar refractivity (Wildman–Crippen MR) is 164 cm³/mol. The SMILES string of the molecule is CC[C@@]1(OC(=O)CNC(=O)[C@H](CC(C)C)NC(=O)OC(C)(C)C)C(=O)OCc2c1cc1n(c2=O)Cc2cc3ccccc3nc2-1. The van der Waals surface area contributed by atoms with Gasteiger partial charge in [-0.25, -0.2) is 14.6 Å². The number of pyridine rings is 2. The molecular weight excluding hydrogens is 580 g/mol. The third-order valence-corrected chi connectivity index (χ3v) is 7.79. The van der Waals surface area contributed by atoms with Crippen molar-refractivity contribution in [1.82, 2.24) is 20.2 Å². The van der Waals surface area contributed by atoms with E-state index in [9.17, 15) is 24.0 Å². The lowest BCUT2D eigenvalue weighted by Crippen LogP contribution is -2.51. The Morgan fingerprint density at radius 2 is 1.87 bits per heavy atom. The fourth-order valence-corrected chi connectivity index (χ4v) is 5.75. The number of cyclic esters (lactones) is 1. The molecule has 238 valence electrons. The molecule has 2 aliphatic rings. The first kappa shape index (κ1) is 31.7. The van der Waals surface area contributed by atoms with Crippen LogP contribution in [-0.4, -0.2) is 51.7 Å². The molecule has 0 unspecified atom stereocenters. The first-order valence-electron chi connectivity index (χ1n) is 15.0. The maximum atomic E-state index is 13.7. The molecule has 0 fully saturated rings. The van der Waals surface area contributed by atoms with Crippen LogP contribution in [0.3, 0.4) is 0 Å². The number of carbonyl (C=O) groups excluding carboxylic acids is 4. The lowest BCUT2D eigenvalue weighted by atomic mass is 9.85. The summed E-state index contributed by atoms with van der Waals surface area (Å²) >= 11 is 0. The van der Waals surface area contributed by atoms with Crippen molar-refractivity contribution in [3.63, 3.8) is 0 Å². The average molecular weight is 619 g/mol. The van der Waals surface area contributed by atoms with Crippen LogP contribution in [0, 0.1) is 5.92 Å². The van der Waals surface area contributed by atoms with E-state index in [4.69, 9.17) is 19.2 Å². The topological polar surface area (TPSA) is 155 Å². The molecule has 45 heavy (non-hydrogen) atoms. The van der Waals surface area contributed by atoms with E-state index < -0.39 is 47.7 Å². The van der Waals surface area contributed by atoms with Crippen LogP contribution < -0.4 is 16.2 Å². The molecule has 1 aromatic carbocycles. The molecule has 0 bridgehead atoms. The number of hydrogen-bond acceptors (Lipinski definition) is 9. The van der Waals surface area contributed by atoms with Gasteiger partial charge in [-0.1, -0.05) is 39.0 Å². The highest BCUT2D eigenvalue weighted by Crippen LogP contribution is 2.40. The van der Waals surface area contributed by atoms with Gasteiger partial charge in [0, 0.05) is 16.5 Å². The second-order valence-electron chi connectivity index (χ2n) is 12.8. The molecule has 0 saturated carbocycles. The molecule has 2 amide bonds. The quantitative estimate of drug-likeness (QED) is 0.222. The van der Waals surface area contributed by atoms with Crippen LogP contribution in [0.1, 0.15) is 71.1 Å². The van der Waals surface area contributed by atoms with Gasteiger partial charge in [-0.3, -0.25) is 14.4 Å². The number of alkyl carbamates (subject to hydrolysis) is 1. The number of carbonyl (C=O) groups is 4. The van der Waals surface area contributed by atoms with E-state index in [0.717, 1.165) is 16.5 Å². The van der Waals surface area contributed by atoms with Gasteiger partial charge in [0.1, 0.15) is 24.8 Å². The number of hydrogen-bond donors (Lipinski definition) is 2. The van der Waals surface area contributed by atoms with Crippen LogP contribution in [0.4, 0.5) is 4.79 Å². The Kier molecular flexibility index (Phi) is 8.43. The zero-order chi connectivity index (χ0) is 32.7. The smallest absolute Gasteiger partial charge is 0.408 e. The van der Waals surface area contributed by atoms with Gasteiger partial charge >= 0.3 is 18.0 Å². The third-order valence-electron chi connectivity index (χ3n) is 7.79. The Balaban J connectivity index is 1.39. The van der Waals surface area contributed by atoms with Gasteiger partial charge in [-0.2, -0.15) is 0 Å². The molecular formula is C33H38N4O8.